The van der Waals surface area contributed by atoms with Gasteiger partial charge in [0.2, 0.25) is 5.82 Å². The smallest absolute Gasteiger partial charge is 0.297 e. The predicted octanol–water partition coefficient (Wildman–Crippen LogP) is 2.48. The molecule has 5 nitrogen and oxygen atoms in total. The monoisotopic (exact) mass is 334 g/mol. The number of hydrogen-bond donors (Lipinski definition) is 0. The van der Waals surface area contributed by atoms with Crippen LogP contribution in [0.5, 0.6) is 0 Å². The first-order valence-electron chi connectivity index (χ1n) is 6.53. The summed E-state index contributed by atoms with van der Waals surface area (Å²) >= 11 is 3.54. The van der Waals surface area contributed by atoms with Gasteiger partial charge >= 0.3 is 0 Å². The first-order chi connectivity index (χ1) is 9.58. The molecule has 3 rings (SSSR count). The van der Waals surface area contributed by atoms with Gasteiger partial charge < -0.3 is 4.90 Å². The van der Waals surface area contributed by atoms with Crippen LogP contribution in [0, 0.1) is 6.92 Å². The molecule has 0 unspecified atom stereocenters. The van der Waals surface area contributed by atoms with Crippen molar-refractivity contribution >= 4 is 27.5 Å². The van der Waals surface area contributed by atoms with Crippen LogP contribution in [0.25, 0.3) is 0 Å². The van der Waals surface area contributed by atoms with Crippen LogP contribution in [0.2, 0.25) is 0 Å². The summed E-state index contributed by atoms with van der Waals surface area (Å²) in [7, 11) is 1.76. The molecular formula is C14H15BrN4O. The third kappa shape index (κ3) is 2.14. The maximum absolute atomic E-state index is 12.6. The van der Waals surface area contributed by atoms with Gasteiger partial charge in [-0.25, -0.2) is 4.98 Å². The van der Waals surface area contributed by atoms with E-state index in [4.69, 9.17) is 0 Å². The Balaban J connectivity index is 2.05. The van der Waals surface area contributed by atoms with E-state index in [0.717, 1.165) is 28.6 Å². The van der Waals surface area contributed by atoms with E-state index in [9.17, 15) is 4.79 Å². The lowest BCUT2D eigenvalue weighted by Gasteiger charge is -2.30. The van der Waals surface area contributed by atoms with E-state index in [-0.39, 0.29) is 11.7 Å². The number of hydrogen-bond acceptors (Lipinski definition) is 3. The van der Waals surface area contributed by atoms with Crippen LogP contribution >= 0.6 is 15.9 Å². The quantitative estimate of drug-likeness (QED) is 0.805. The molecule has 0 bridgehead atoms. The fourth-order valence-corrected chi connectivity index (χ4v) is 2.93. The van der Waals surface area contributed by atoms with Crippen molar-refractivity contribution in [1.82, 2.24) is 14.8 Å². The number of aromatic nitrogens is 3. The van der Waals surface area contributed by atoms with Crippen molar-refractivity contribution in [3.05, 3.63) is 39.9 Å². The van der Waals surface area contributed by atoms with Crippen LogP contribution in [0.4, 0.5) is 5.69 Å². The zero-order valence-electron chi connectivity index (χ0n) is 11.4. The van der Waals surface area contributed by atoms with E-state index < -0.39 is 0 Å². The summed E-state index contributed by atoms with van der Waals surface area (Å²) in [4.78, 5) is 18.5. The highest BCUT2D eigenvalue weighted by atomic mass is 79.9. The molecule has 0 saturated carbocycles. The van der Waals surface area contributed by atoms with E-state index in [1.807, 2.05) is 13.0 Å². The molecule has 20 heavy (non-hydrogen) atoms. The highest BCUT2D eigenvalue weighted by molar-refractivity contribution is 9.10. The Bertz CT molecular complexity index is 680. The van der Waals surface area contributed by atoms with Crippen molar-refractivity contribution in [3.63, 3.8) is 0 Å². The Morgan fingerprint density at radius 3 is 2.90 bits per heavy atom. The molecule has 0 N–H and O–H groups in total. The molecule has 0 aliphatic carbocycles. The zero-order chi connectivity index (χ0) is 14.3. The van der Waals surface area contributed by atoms with Crippen molar-refractivity contribution in [2.24, 2.45) is 7.05 Å². The van der Waals surface area contributed by atoms with Crippen molar-refractivity contribution in [2.45, 2.75) is 19.8 Å². The van der Waals surface area contributed by atoms with Gasteiger partial charge in [-0.05, 0) is 37.0 Å². The first-order valence-corrected chi connectivity index (χ1v) is 7.32. The fourth-order valence-electron chi connectivity index (χ4n) is 2.61. The Kier molecular flexibility index (Phi) is 3.33. The minimum absolute atomic E-state index is 0.132. The Labute approximate surface area is 125 Å². The number of benzene rings is 1. The van der Waals surface area contributed by atoms with Crippen molar-refractivity contribution in [3.8, 4) is 0 Å². The summed E-state index contributed by atoms with van der Waals surface area (Å²) in [6.45, 7) is 2.74. The average Bonchev–Trinajstić information content (AvgIpc) is 2.88. The molecule has 104 valence electrons. The Morgan fingerprint density at radius 2 is 2.20 bits per heavy atom. The molecule has 0 radical (unpaired) electrons. The summed E-state index contributed by atoms with van der Waals surface area (Å²) in [5.74, 6) is 0.118. The van der Waals surface area contributed by atoms with E-state index in [1.54, 1.807) is 23.0 Å². The third-order valence-corrected chi connectivity index (χ3v) is 4.44. The van der Waals surface area contributed by atoms with Gasteiger partial charge in [0, 0.05) is 18.1 Å². The van der Waals surface area contributed by atoms with Crippen LogP contribution in [-0.4, -0.2) is 27.2 Å². The molecule has 1 aromatic heterocycles. The van der Waals surface area contributed by atoms with Gasteiger partial charge in [0.25, 0.3) is 5.91 Å². The summed E-state index contributed by atoms with van der Waals surface area (Å²) in [5, 5.41) is 4.11. The molecule has 0 fully saturated rings. The maximum atomic E-state index is 12.6. The van der Waals surface area contributed by atoms with Gasteiger partial charge in [0.05, 0.1) is 5.69 Å². The first kappa shape index (κ1) is 13.3. The van der Waals surface area contributed by atoms with Crippen LogP contribution in [0.3, 0.4) is 0 Å². The van der Waals surface area contributed by atoms with Crippen LogP contribution in [0.15, 0.2) is 22.9 Å². The molecule has 2 aromatic rings. The Morgan fingerprint density at radius 1 is 1.40 bits per heavy atom. The number of carbonyl (C=O) groups excluding carboxylic acids is 1. The van der Waals surface area contributed by atoms with E-state index >= 15 is 0 Å². The summed E-state index contributed by atoms with van der Waals surface area (Å²) in [6.07, 6.45) is 3.52. The van der Waals surface area contributed by atoms with Gasteiger partial charge in [-0.1, -0.05) is 22.0 Å². The molecule has 1 amide bonds. The average molecular weight is 335 g/mol. The lowest BCUT2D eigenvalue weighted by molar-refractivity contribution is 0.0975. The molecule has 0 atom stereocenters. The van der Waals surface area contributed by atoms with Gasteiger partial charge in [-0.3, -0.25) is 9.48 Å². The van der Waals surface area contributed by atoms with Gasteiger partial charge in [-0.15, -0.1) is 5.10 Å². The molecule has 1 aliphatic heterocycles. The van der Waals surface area contributed by atoms with Crippen LogP contribution < -0.4 is 4.90 Å². The van der Waals surface area contributed by atoms with Gasteiger partial charge in [-0.2, -0.15) is 0 Å². The molecule has 0 saturated heterocycles. The minimum Gasteiger partial charge on any atom is -0.305 e. The number of amides is 1. The number of nitrogens with zero attached hydrogens (tertiary/aromatic N) is 4. The van der Waals surface area contributed by atoms with Crippen LogP contribution in [0.1, 0.15) is 28.2 Å². The molecule has 0 spiro atoms. The molecule has 2 heterocycles. The van der Waals surface area contributed by atoms with Crippen LogP contribution in [-0.2, 0) is 13.5 Å². The molecule has 1 aromatic carbocycles. The fraction of sp³-hybridized carbons (Fsp3) is 0.357. The zero-order valence-corrected chi connectivity index (χ0v) is 13.0. The van der Waals surface area contributed by atoms with Gasteiger partial charge in [0.15, 0.2) is 0 Å². The SMILES string of the molecule is Cc1c(Br)ccc2c1N(C(=O)c1ncn(C)n1)CCC2. The van der Waals surface area contributed by atoms with Gasteiger partial charge in [0.1, 0.15) is 6.33 Å². The molecule has 1 aliphatic rings. The normalized spacial score (nSPS) is 14.2. The number of anilines is 1. The number of rotatable bonds is 1. The second-order valence-electron chi connectivity index (χ2n) is 4.98. The topological polar surface area (TPSA) is 51.0 Å². The highest BCUT2D eigenvalue weighted by Gasteiger charge is 2.27. The standard InChI is InChI=1S/C14H15BrN4O/c1-9-11(15)6-5-10-4-3-7-19(12(9)10)14(20)13-16-8-18(2)17-13/h5-6,8H,3-4,7H2,1-2H3. The minimum atomic E-state index is -0.132. The second kappa shape index (κ2) is 5.01. The van der Waals surface area contributed by atoms with E-state index in [1.165, 1.54) is 5.56 Å². The second-order valence-corrected chi connectivity index (χ2v) is 5.84. The number of carbonyl (C=O) groups is 1. The molecular weight excluding hydrogens is 320 g/mol. The number of halogens is 1. The predicted molar refractivity (Wildman–Crippen MR) is 79.9 cm³/mol. The lowest BCUT2D eigenvalue weighted by Crippen LogP contribution is -2.36. The summed E-state index contributed by atoms with van der Waals surface area (Å²) in [5.41, 5.74) is 3.30. The van der Waals surface area contributed by atoms with E-state index in [0.29, 0.717) is 6.54 Å². The highest BCUT2D eigenvalue weighted by Crippen LogP contribution is 2.35. The summed E-state index contributed by atoms with van der Waals surface area (Å²) in [6, 6.07) is 4.12. The van der Waals surface area contributed by atoms with E-state index in [2.05, 4.69) is 32.1 Å². The largest absolute Gasteiger partial charge is 0.305 e. The lowest BCUT2D eigenvalue weighted by atomic mass is 9.98. The van der Waals surface area contributed by atoms with Crippen molar-refractivity contribution in [2.75, 3.05) is 11.4 Å². The maximum Gasteiger partial charge on any atom is 0.297 e. The number of aryl methyl sites for hydroxylation is 2. The Hall–Kier alpha value is -1.69. The number of fused-ring (bicyclic) bond motifs is 1. The third-order valence-electron chi connectivity index (χ3n) is 3.58. The molecule has 6 heteroatoms. The van der Waals surface area contributed by atoms with Crippen molar-refractivity contribution in [1.29, 1.82) is 0 Å². The van der Waals surface area contributed by atoms with Crippen molar-refractivity contribution < 1.29 is 4.79 Å². The summed E-state index contributed by atoms with van der Waals surface area (Å²) < 4.78 is 2.57.